The Labute approximate surface area is 138 Å². The lowest BCUT2D eigenvalue weighted by Crippen LogP contribution is -2.35. The summed E-state index contributed by atoms with van der Waals surface area (Å²) in [5.41, 5.74) is 0.559. The predicted octanol–water partition coefficient (Wildman–Crippen LogP) is 1.51. The Hall–Kier alpha value is -3.22. The van der Waals surface area contributed by atoms with Crippen molar-refractivity contribution in [2.75, 3.05) is 14.2 Å². The lowest BCUT2D eigenvalue weighted by molar-refractivity contribution is -0.143. The molecule has 24 heavy (non-hydrogen) atoms. The minimum Gasteiger partial charge on any atom is -0.467 e. The third kappa shape index (κ3) is 3.95. The number of benzene rings is 1. The van der Waals surface area contributed by atoms with Crippen LogP contribution in [0.5, 0.6) is 0 Å². The molecule has 1 aromatic carbocycles. The van der Waals surface area contributed by atoms with E-state index in [0.29, 0.717) is 5.56 Å². The first kappa shape index (κ1) is 17.1. The Morgan fingerprint density at radius 2 is 1.58 bits per heavy atom. The van der Waals surface area contributed by atoms with Crippen LogP contribution in [0.1, 0.15) is 32.6 Å². The molecule has 1 atom stereocenters. The van der Waals surface area contributed by atoms with Gasteiger partial charge in [0.1, 0.15) is 11.4 Å². The van der Waals surface area contributed by atoms with Gasteiger partial charge in [-0.15, -0.1) is 0 Å². The fourth-order valence-corrected chi connectivity index (χ4v) is 2.03. The van der Waals surface area contributed by atoms with E-state index in [2.05, 4.69) is 15.0 Å². The van der Waals surface area contributed by atoms with E-state index in [9.17, 15) is 14.4 Å². The maximum Gasteiger partial charge on any atom is 0.356 e. The number of ether oxygens (including phenoxy) is 2. The smallest absolute Gasteiger partial charge is 0.356 e. The van der Waals surface area contributed by atoms with E-state index in [1.54, 1.807) is 30.3 Å². The van der Waals surface area contributed by atoms with Gasteiger partial charge in [-0.3, -0.25) is 4.79 Å². The molecule has 0 bridgehead atoms. The van der Waals surface area contributed by atoms with E-state index >= 15 is 0 Å². The van der Waals surface area contributed by atoms with E-state index in [4.69, 9.17) is 4.74 Å². The van der Waals surface area contributed by atoms with Gasteiger partial charge in [0.15, 0.2) is 6.04 Å². The van der Waals surface area contributed by atoms with Gasteiger partial charge in [-0.05, 0) is 17.7 Å². The average Bonchev–Trinajstić information content (AvgIpc) is 2.65. The molecule has 1 amide bonds. The Kier molecular flexibility index (Phi) is 5.62. The number of pyridine rings is 1. The zero-order valence-corrected chi connectivity index (χ0v) is 13.2. The Morgan fingerprint density at radius 1 is 0.917 bits per heavy atom. The van der Waals surface area contributed by atoms with Crippen LogP contribution in [0, 0.1) is 0 Å². The van der Waals surface area contributed by atoms with Crippen LogP contribution in [0.4, 0.5) is 0 Å². The molecule has 7 nitrogen and oxygen atoms in total. The summed E-state index contributed by atoms with van der Waals surface area (Å²) in [4.78, 5) is 39.8. The molecule has 124 valence electrons. The van der Waals surface area contributed by atoms with Crippen LogP contribution < -0.4 is 5.32 Å². The van der Waals surface area contributed by atoms with Gasteiger partial charge < -0.3 is 14.8 Å². The van der Waals surface area contributed by atoms with Crippen LogP contribution in [-0.4, -0.2) is 37.0 Å². The highest BCUT2D eigenvalue weighted by Crippen LogP contribution is 2.15. The number of nitrogens with one attached hydrogen (secondary N) is 1. The summed E-state index contributed by atoms with van der Waals surface area (Å²) >= 11 is 0. The molecule has 0 spiro atoms. The first-order valence-electron chi connectivity index (χ1n) is 7.06. The van der Waals surface area contributed by atoms with Gasteiger partial charge in [0.25, 0.3) is 5.91 Å². The van der Waals surface area contributed by atoms with Crippen molar-refractivity contribution < 1.29 is 23.9 Å². The van der Waals surface area contributed by atoms with Crippen LogP contribution in [0.3, 0.4) is 0 Å². The highest BCUT2D eigenvalue weighted by molar-refractivity contribution is 5.96. The van der Waals surface area contributed by atoms with Crippen molar-refractivity contribution in [2.45, 2.75) is 6.04 Å². The minimum atomic E-state index is -0.979. The summed E-state index contributed by atoms with van der Waals surface area (Å²) in [7, 11) is 2.46. The minimum absolute atomic E-state index is 0.000482. The van der Waals surface area contributed by atoms with Crippen LogP contribution in [0.25, 0.3) is 0 Å². The number of hydrogen-bond donors (Lipinski definition) is 1. The Bertz CT molecular complexity index is 746. The largest absolute Gasteiger partial charge is 0.467 e. The summed E-state index contributed by atoms with van der Waals surface area (Å²) in [6, 6.07) is 12.1. The van der Waals surface area contributed by atoms with Crippen molar-refractivity contribution in [1.29, 1.82) is 0 Å². The SMILES string of the molecule is COC(=O)c1cccc(C(=O)NC(C(=O)OC)c2ccccc2)n1. The van der Waals surface area contributed by atoms with Gasteiger partial charge >= 0.3 is 11.9 Å². The summed E-state index contributed by atoms with van der Waals surface area (Å²) < 4.78 is 9.30. The van der Waals surface area contributed by atoms with Crippen molar-refractivity contribution in [3.05, 3.63) is 65.5 Å². The van der Waals surface area contributed by atoms with E-state index in [1.807, 2.05) is 0 Å². The summed E-state index contributed by atoms with van der Waals surface area (Å²) in [5.74, 6) is -1.88. The van der Waals surface area contributed by atoms with Crippen LogP contribution in [0.2, 0.25) is 0 Å². The lowest BCUT2D eigenvalue weighted by Gasteiger charge is -2.16. The molecule has 2 aromatic rings. The highest BCUT2D eigenvalue weighted by Gasteiger charge is 2.24. The molecule has 1 heterocycles. The fourth-order valence-electron chi connectivity index (χ4n) is 2.03. The maximum atomic E-state index is 12.4. The van der Waals surface area contributed by atoms with E-state index in [-0.39, 0.29) is 11.4 Å². The Balaban J connectivity index is 2.25. The number of methoxy groups -OCH3 is 2. The number of amides is 1. The normalized spacial score (nSPS) is 11.2. The van der Waals surface area contributed by atoms with Gasteiger partial charge in [0.2, 0.25) is 0 Å². The van der Waals surface area contributed by atoms with Crippen molar-refractivity contribution in [3.8, 4) is 0 Å². The highest BCUT2D eigenvalue weighted by atomic mass is 16.5. The van der Waals surface area contributed by atoms with Gasteiger partial charge in [-0.25, -0.2) is 14.6 Å². The Morgan fingerprint density at radius 3 is 2.21 bits per heavy atom. The number of aromatic nitrogens is 1. The molecule has 0 fully saturated rings. The third-order valence-corrected chi connectivity index (χ3v) is 3.22. The zero-order valence-electron chi connectivity index (χ0n) is 13.2. The van der Waals surface area contributed by atoms with E-state index < -0.39 is 23.9 Å². The van der Waals surface area contributed by atoms with Crippen LogP contribution >= 0.6 is 0 Å². The molecule has 0 aliphatic rings. The summed E-state index contributed by atoms with van der Waals surface area (Å²) in [6.45, 7) is 0. The van der Waals surface area contributed by atoms with Gasteiger partial charge in [0, 0.05) is 0 Å². The van der Waals surface area contributed by atoms with E-state index in [1.165, 1.54) is 32.4 Å². The number of carbonyl (C=O) groups excluding carboxylic acids is 3. The summed E-state index contributed by atoms with van der Waals surface area (Å²) in [5, 5.41) is 2.56. The molecule has 1 N–H and O–H groups in total. The molecule has 7 heteroatoms. The van der Waals surface area contributed by atoms with Crippen molar-refractivity contribution in [2.24, 2.45) is 0 Å². The van der Waals surface area contributed by atoms with Crippen LogP contribution in [0.15, 0.2) is 48.5 Å². The maximum absolute atomic E-state index is 12.4. The third-order valence-electron chi connectivity index (χ3n) is 3.22. The molecule has 1 unspecified atom stereocenters. The monoisotopic (exact) mass is 328 g/mol. The average molecular weight is 328 g/mol. The second kappa shape index (κ2) is 7.87. The molecule has 0 saturated heterocycles. The van der Waals surface area contributed by atoms with Crippen molar-refractivity contribution in [3.63, 3.8) is 0 Å². The number of carbonyl (C=O) groups is 3. The first-order valence-corrected chi connectivity index (χ1v) is 7.06. The number of rotatable bonds is 5. The molecule has 0 radical (unpaired) electrons. The fraction of sp³-hybridized carbons (Fsp3) is 0.176. The second-order valence-corrected chi connectivity index (χ2v) is 4.74. The number of esters is 2. The topological polar surface area (TPSA) is 94.6 Å². The molecular weight excluding hydrogens is 312 g/mol. The van der Waals surface area contributed by atoms with Gasteiger partial charge in [-0.1, -0.05) is 36.4 Å². The number of hydrogen-bond acceptors (Lipinski definition) is 6. The van der Waals surface area contributed by atoms with Gasteiger partial charge in [-0.2, -0.15) is 0 Å². The molecule has 2 rings (SSSR count). The molecule has 0 aliphatic carbocycles. The lowest BCUT2D eigenvalue weighted by atomic mass is 10.1. The predicted molar refractivity (Wildman–Crippen MR) is 84.2 cm³/mol. The summed E-state index contributed by atoms with van der Waals surface area (Å²) in [6.07, 6.45) is 0. The molecule has 0 saturated carbocycles. The molecule has 0 aliphatic heterocycles. The molecular formula is C17H16N2O5. The van der Waals surface area contributed by atoms with Crippen molar-refractivity contribution >= 4 is 17.8 Å². The second-order valence-electron chi connectivity index (χ2n) is 4.74. The van der Waals surface area contributed by atoms with Crippen molar-refractivity contribution in [1.82, 2.24) is 10.3 Å². The van der Waals surface area contributed by atoms with Gasteiger partial charge in [0.05, 0.1) is 14.2 Å². The van der Waals surface area contributed by atoms with E-state index in [0.717, 1.165) is 0 Å². The van der Waals surface area contributed by atoms with Crippen LogP contribution in [-0.2, 0) is 14.3 Å². The quantitative estimate of drug-likeness (QED) is 0.836. The zero-order chi connectivity index (χ0) is 17.5. The first-order chi connectivity index (χ1) is 11.6. The number of nitrogens with zero attached hydrogens (tertiary/aromatic N) is 1. The standard InChI is InChI=1S/C17H16N2O5/c1-23-16(21)13-10-6-9-12(18-13)15(20)19-14(17(22)24-2)11-7-4-3-5-8-11/h3-10,14H,1-2H3,(H,19,20). The molecule has 1 aromatic heterocycles.